The van der Waals surface area contributed by atoms with Gasteiger partial charge < -0.3 is 16.0 Å². The lowest BCUT2D eigenvalue weighted by molar-refractivity contribution is 0.243. The van der Waals surface area contributed by atoms with Crippen LogP contribution in [0.3, 0.4) is 0 Å². The van der Waals surface area contributed by atoms with Crippen molar-refractivity contribution in [3.8, 4) is 0 Å². The molecule has 2 amide bonds. The molecular formula is C19H21Cl2N3OS. The topological polar surface area (TPSA) is 58.4 Å². The lowest BCUT2D eigenvalue weighted by Gasteiger charge is -2.38. The molecule has 1 aliphatic heterocycles. The molecule has 0 aromatic heterocycles. The molecular weight excluding hydrogens is 389 g/mol. The Bertz CT molecular complexity index is 802. The standard InChI is InChI=1S/C19H21Cl2N3OS/c1-12(10-14(8-9-20)23-19(22)25)24-15-4-2-3-5-17(15)26-18-7-6-13(21)11-16(18)24/h2-7,11-12,14H,8-10H2,1H3,(H3,22,23,25). The van der Waals surface area contributed by atoms with E-state index in [-0.39, 0.29) is 12.1 Å². The number of carbonyl (C=O) groups excluding carboxylic acids is 1. The molecule has 1 aliphatic rings. The Hall–Kier alpha value is -1.56. The Kier molecular flexibility index (Phi) is 6.22. The molecule has 2 aromatic rings. The van der Waals surface area contributed by atoms with Crippen molar-refractivity contribution in [2.24, 2.45) is 5.73 Å². The smallest absolute Gasteiger partial charge is 0.312 e. The zero-order valence-corrected chi connectivity index (χ0v) is 16.7. The van der Waals surface area contributed by atoms with Crippen LogP contribution in [0.2, 0.25) is 5.02 Å². The molecule has 26 heavy (non-hydrogen) atoms. The number of nitrogens with two attached hydrogens (primary N) is 1. The molecule has 2 atom stereocenters. The van der Waals surface area contributed by atoms with E-state index in [1.165, 1.54) is 4.90 Å². The van der Waals surface area contributed by atoms with E-state index in [2.05, 4.69) is 35.3 Å². The Labute approximate surface area is 168 Å². The quantitative estimate of drug-likeness (QED) is 0.628. The maximum Gasteiger partial charge on any atom is 0.312 e. The summed E-state index contributed by atoms with van der Waals surface area (Å²) in [7, 11) is 0. The molecule has 0 aliphatic carbocycles. The number of nitrogens with one attached hydrogen (secondary N) is 1. The van der Waals surface area contributed by atoms with Crippen LogP contribution in [0.15, 0.2) is 52.3 Å². The second-order valence-electron chi connectivity index (χ2n) is 6.32. The van der Waals surface area contributed by atoms with Gasteiger partial charge in [-0.3, -0.25) is 0 Å². The molecule has 0 spiro atoms. The number of rotatable bonds is 6. The van der Waals surface area contributed by atoms with Gasteiger partial charge in [0.05, 0.1) is 11.4 Å². The van der Waals surface area contributed by atoms with Crippen LogP contribution >= 0.6 is 35.0 Å². The SMILES string of the molecule is CC(CC(CCCl)NC(N)=O)N1c2ccccc2Sc2ccc(Cl)cc21. The molecule has 0 saturated carbocycles. The van der Waals surface area contributed by atoms with Crippen LogP contribution < -0.4 is 16.0 Å². The fraction of sp³-hybridized carbons (Fsp3) is 0.316. The monoisotopic (exact) mass is 409 g/mol. The summed E-state index contributed by atoms with van der Waals surface area (Å²) < 4.78 is 0. The van der Waals surface area contributed by atoms with E-state index < -0.39 is 6.03 Å². The van der Waals surface area contributed by atoms with Gasteiger partial charge in [0.15, 0.2) is 0 Å². The molecule has 138 valence electrons. The molecule has 3 rings (SSSR count). The van der Waals surface area contributed by atoms with Gasteiger partial charge in [-0.1, -0.05) is 35.5 Å². The minimum atomic E-state index is -0.523. The van der Waals surface area contributed by atoms with Gasteiger partial charge in [-0.05, 0) is 50.1 Å². The van der Waals surface area contributed by atoms with Crippen LogP contribution in [-0.4, -0.2) is 24.0 Å². The number of nitrogens with zero attached hydrogens (tertiary/aromatic N) is 1. The molecule has 3 N–H and O–H groups in total. The summed E-state index contributed by atoms with van der Waals surface area (Å²) in [5.41, 5.74) is 7.55. The van der Waals surface area contributed by atoms with E-state index >= 15 is 0 Å². The first-order chi connectivity index (χ1) is 12.5. The Balaban J connectivity index is 1.95. The molecule has 2 unspecified atom stereocenters. The predicted octanol–water partition coefficient (Wildman–Crippen LogP) is 5.39. The lowest BCUT2D eigenvalue weighted by atomic mass is 10.0. The van der Waals surface area contributed by atoms with Crippen LogP contribution in [0.4, 0.5) is 16.2 Å². The van der Waals surface area contributed by atoms with Crippen LogP contribution in [0.25, 0.3) is 0 Å². The first kappa shape index (κ1) is 19.2. The molecule has 1 heterocycles. The highest BCUT2D eigenvalue weighted by Crippen LogP contribution is 2.49. The van der Waals surface area contributed by atoms with Crippen molar-refractivity contribution in [2.75, 3.05) is 10.8 Å². The number of fused-ring (bicyclic) bond motifs is 2. The number of alkyl halides is 1. The van der Waals surface area contributed by atoms with E-state index in [1.807, 2.05) is 24.3 Å². The lowest BCUT2D eigenvalue weighted by Crippen LogP contribution is -2.43. The second kappa shape index (κ2) is 8.42. The van der Waals surface area contributed by atoms with Gasteiger partial charge in [0, 0.05) is 32.8 Å². The number of urea groups is 1. The number of hydrogen-bond donors (Lipinski definition) is 2. The molecule has 0 saturated heterocycles. The highest BCUT2D eigenvalue weighted by Gasteiger charge is 2.28. The molecule has 7 heteroatoms. The highest BCUT2D eigenvalue weighted by atomic mass is 35.5. The van der Waals surface area contributed by atoms with Crippen molar-refractivity contribution in [1.82, 2.24) is 5.32 Å². The van der Waals surface area contributed by atoms with Gasteiger partial charge in [-0.2, -0.15) is 0 Å². The van der Waals surface area contributed by atoms with Crippen LogP contribution in [0.5, 0.6) is 0 Å². The zero-order valence-electron chi connectivity index (χ0n) is 14.4. The summed E-state index contributed by atoms with van der Waals surface area (Å²) >= 11 is 13.9. The fourth-order valence-electron chi connectivity index (χ4n) is 3.33. The van der Waals surface area contributed by atoms with Gasteiger partial charge in [0.2, 0.25) is 0 Å². The Morgan fingerprint density at radius 3 is 2.69 bits per heavy atom. The third-order valence-electron chi connectivity index (χ3n) is 4.40. The Morgan fingerprint density at radius 1 is 1.23 bits per heavy atom. The van der Waals surface area contributed by atoms with Crippen molar-refractivity contribution >= 4 is 52.4 Å². The Morgan fingerprint density at radius 2 is 1.96 bits per heavy atom. The summed E-state index contributed by atoms with van der Waals surface area (Å²) in [6.45, 7) is 2.14. The number of para-hydroxylation sites is 1. The van der Waals surface area contributed by atoms with Gasteiger partial charge in [0.1, 0.15) is 0 Å². The number of primary amides is 1. The summed E-state index contributed by atoms with van der Waals surface area (Å²) in [6, 6.07) is 13.8. The maximum atomic E-state index is 11.3. The number of amides is 2. The minimum Gasteiger partial charge on any atom is -0.352 e. The normalized spacial score (nSPS) is 15.0. The first-order valence-corrected chi connectivity index (χ1v) is 10.2. The van der Waals surface area contributed by atoms with Gasteiger partial charge in [-0.15, -0.1) is 11.6 Å². The molecule has 0 fully saturated rings. The number of hydrogen-bond acceptors (Lipinski definition) is 3. The van der Waals surface area contributed by atoms with E-state index in [1.54, 1.807) is 11.8 Å². The third-order valence-corrected chi connectivity index (χ3v) is 5.98. The van der Waals surface area contributed by atoms with E-state index in [0.29, 0.717) is 17.3 Å². The van der Waals surface area contributed by atoms with Crippen molar-refractivity contribution < 1.29 is 4.79 Å². The molecule has 0 radical (unpaired) electrons. The van der Waals surface area contributed by atoms with E-state index in [4.69, 9.17) is 28.9 Å². The van der Waals surface area contributed by atoms with E-state index in [9.17, 15) is 4.79 Å². The predicted molar refractivity (Wildman–Crippen MR) is 110 cm³/mol. The molecule has 2 aromatic carbocycles. The summed E-state index contributed by atoms with van der Waals surface area (Å²) in [4.78, 5) is 16.0. The average Bonchev–Trinajstić information content (AvgIpc) is 2.59. The van der Waals surface area contributed by atoms with E-state index in [0.717, 1.165) is 22.7 Å². The first-order valence-electron chi connectivity index (χ1n) is 8.47. The second-order valence-corrected chi connectivity index (χ2v) is 8.22. The van der Waals surface area contributed by atoms with Gasteiger partial charge >= 0.3 is 6.03 Å². The summed E-state index contributed by atoms with van der Waals surface area (Å²) in [5.74, 6) is 0.465. The van der Waals surface area contributed by atoms with Crippen molar-refractivity contribution in [2.45, 2.75) is 41.6 Å². The number of halogens is 2. The third kappa shape index (κ3) is 4.22. The molecule has 0 bridgehead atoms. The van der Waals surface area contributed by atoms with Crippen LogP contribution in [0.1, 0.15) is 19.8 Å². The van der Waals surface area contributed by atoms with Crippen LogP contribution in [0, 0.1) is 0 Å². The number of anilines is 2. The number of carbonyl (C=O) groups is 1. The fourth-order valence-corrected chi connectivity index (χ4v) is 4.81. The van der Waals surface area contributed by atoms with Crippen LogP contribution in [-0.2, 0) is 0 Å². The maximum absolute atomic E-state index is 11.3. The largest absolute Gasteiger partial charge is 0.352 e. The zero-order chi connectivity index (χ0) is 18.7. The number of benzene rings is 2. The average molecular weight is 410 g/mol. The summed E-state index contributed by atoms with van der Waals surface area (Å²) in [6.07, 6.45) is 1.39. The van der Waals surface area contributed by atoms with Crippen molar-refractivity contribution in [3.63, 3.8) is 0 Å². The summed E-state index contributed by atoms with van der Waals surface area (Å²) in [5, 5.41) is 3.51. The van der Waals surface area contributed by atoms with Crippen molar-refractivity contribution in [3.05, 3.63) is 47.5 Å². The van der Waals surface area contributed by atoms with Crippen molar-refractivity contribution in [1.29, 1.82) is 0 Å². The minimum absolute atomic E-state index is 0.0793. The van der Waals surface area contributed by atoms with Gasteiger partial charge in [-0.25, -0.2) is 4.79 Å². The molecule has 4 nitrogen and oxygen atoms in total. The highest BCUT2D eigenvalue weighted by molar-refractivity contribution is 7.99. The van der Waals surface area contributed by atoms with Gasteiger partial charge in [0.25, 0.3) is 0 Å².